The number of methoxy groups -OCH3 is 2. The van der Waals surface area contributed by atoms with Crippen molar-refractivity contribution in [3.05, 3.63) is 52.0 Å². The number of benzene rings is 2. The van der Waals surface area contributed by atoms with Crippen LogP contribution < -0.4 is 14.2 Å². The zero-order valence-electron chi connectivity index (χ0n) is 15.1. The van der Waals surface area contributed by atoms with E-state index in [2.05, 4.69) is 0 Å². The van der Waals surface area contributed by atoms with Crippen LogP contribution in [0.4, 0.5) is 0 Å². The molecule has 6 nitrogen and oxygen atoms in total. The van der Waals surface area contributed by atoms with E-state index in [0.29, 0.717) is 40.9 Å². The maximum absolute atomic E-state index is 12.5. The van der Waals surface area contributed by atoms with E-state index < -0.39 is 0 Å². The molecular formula is C20H19ClN2O4. The normalized spacial score (nSPS) is 12.7. The number of hydrogen-bond acceptors (Lipinski definition) is 5. The molecule has 0 N–H and O–H groups in total. The largest absolute Gasteiger partial charge is 0.493 e. The highest BCUT2D eigenvalue weighted by Crippen LogP contribution is 2.33. The lowest BCUT2D eigenvalue weighted by atomic mass is 9.99. The predicted octanol–water partition coefficient (Wildman–Crippen LogP) is 3.19. The average Bonchev–Trinajstić information content (AvgIpc) is 2.70. The van der Waals surface area contributed by atoms with E-state index in [9.17, 15) is 4.79 Å². The van der Waals surface area contributed by atoms with E-state index in [4.69, 9.17) is 31.1 Å². The number of rotatable bonds is 5. The molecule has 0 radical (unpaired) electrons. The molecule has 1 aliphatic rings. The molecule has 0 fully saturated rings. The fourth-order valence-electron chi connectivity index (χ4n) is 3.01. The summed E-state index contributed by atoms with van der Waals surface area (Å²) in [6, 6.07) is 10.6. The smallest absolute Gasteiger partial charge is 0.260 e. The molecule has 1 heterocycles. The number of nitriles is 1. The lowest BCUT2D eigenvalue weighted by Gasteiger charge is -2.29. The van der Waals surface area contributed by atoms with Crippen molar-refractivity contribution in [1.29, 1.82) is 5.26 Å². The van der Waals surface area contributed by atoms with Crippen molar-refractivity contribution < 1.29 is 19.0 Å². The molecule has 0 atom stereocenters. The first-order valence-corrected chi connectivity index (χ1v) is 8.77. The monoisotopic (exact) mass is 386 g/mol. The third-order valence-corrected chi connectivity index (χ3v) is 4.78. The number of halogens is 1. The zero-order valence-corrected chi connectivity index (χ0v) is 15.9. The average molecular weight is 387 g/mol. The van der Waals surface area contributed by atoms with Gasteiger partial charge in [0.1, 0.15) is 5.75 Å². The van der Waals surface area contributed by atoms with Crippen LogP contribution in [0.1, 0.15) is 16.7 Å². The highest BCUT2D eigenvalue weighted by molar-refractivity contribution is 6.32. The minimum atomic E-state index is -0.129. The van der Waals surface area contributed by atoms with Crippen LogP contribution in [0.5, 0.6) is 17.2 Å². The molecule has 0 spiro atoms. The molecule has 0 aliphatic carbocycles. The summed E-state index contributed by atoms with van der Waals surface area (Å²) in [4.78, 5) is 14.3. The fourth-order valence-corrected chi connectivity index (χ4v) is 3.25. The molecule has 0 saturated heterocycles. The van der Waals surface area contributed by atoms with Crippen molar-refractivity contribution in [3.8, 4) is 23.3 Å². The molecule has 27 heavy (non-hydrogen) atoms. The Labute approximate surface area is 162 Å². The molecule has 0 aromatic heterocycles. The van der Waals surface area contributed by atoms with Gasteiger partial charge >= 0.3 is 0 Å². The van der Waals surface area contributed by atoms with Crippen LogP contribution in [-0.2, 0) is 17.8 Å². The molecule has 1 aliphatic heterocycles. The zero-order chi connectivity index (χ0) is 19.4. The third-order valence-electron chi connectivity index (χ3n) is 4.48. The summed E-state index contributed by atoms with van der Waals surface area (Å²) in [5, 5.41) is 9.17. The first-order chi connectivity index (χ1) is 13.0. The summed E-state index contributed by atoms with van der Waals surface area (Å²) in [6.45, 7) is 0.971. The Morgan fingerprint density at radius 3 is 2.48 bits per heavy atom. The molecule has 140 valence electrons. The third kappa shape index (κ3) is 4.09. The Hall–Kier alpha value is -2.91. The maximum Gasteiger partial charge on any atom is 0.260 e. The van der Waals surface area contributed by atoms with Crippen molar-refractivity contribution in [3.63, 3.8) is 0 Å². The van der Waals surface area contributed by atoms with Gasteiger partial charge in [-0.2, -0.15) is 5.26 Å². The maximum atomic E-state index is 12.5. The topological polar surface area (TPSA) is 71.8 Å². The first-order valence-electron chi connectivity index (χ1n) is 8.39. The highest BCUT2D eigenvalue weighted by atomic mass is 35.5. The molecule has 0 unspecified atom stereocenters. The van der Waals surface area contributed by atoms with Gasteiger partial charge < -0.3 is 19.1 Å². The Bertz CT molecular complexity index is 908. The standard InChI is InChI=1S/C20H19ClN2O4/c1-25-18-8-14-5-6-23(11-15(14)9-19(18)26-2)20(24)12-27-17-4-3-13(10-22)7-16(17)21/h3-4,7-9H,5-6,11-12H2,1-2H3. The Morgan fingerprint density at radius 2 is 1.85 bits per heavy atom. The van der Waals surface area contributed by atoms with E-state index in [-0.39, 0.29) is 12.5 Å². The summed E-state index contributed by atoms with van der Waals surface area (Å²) in [5.41, 5.74) is 2.62. The van der Waals surface area contributed by atoms with E-state index >= 15 is 0 Å². The van der Waals surface area contributed by atoms with Crippen LogP contribution in [0.3, 0.4) is 0 Å². The van der Waals surface area contributed by atoms with Gasteiger partial charge in [-0.25, -0.2) is 0 Å². The second kappa shape index (κ2) is 8.19. The van der Waals surface area contributed by atoms with Gasteiger partial charge in [-0.1, -0.05) is 11.6 Å². The van der Waals surface area contributed by atoms with Crippen LogP contribution in [0.2, 0.25) is 5.02 Å². The van der Waals surface area contributed by atoms with E-state index in [1.165, 1.54) is 6.07 Å². The van der Waals surface area contributed by atoms with Gasteiger partial charge in [0, 0.05) is 13.1 Å². The number of amides is 1. The molecule has 7 heteroatoms. The Balaban J connectivity index is 1.66. The molecule has 2 aromatic rings. The second-order valence-electron chi connectivity index (χ2n) is 6.09. The molecule has 3 rings (SSSR count). The first kappa shape index (κ1) is 18.9. The van der Waals surface area contributed by atoms with E-state index in [1.54, 1.807) is 31.3 Å². The van der Waals surface area contributed by atoms with Gasteiger partial charge in [0.2, 0.25) is 0 Å². The summed E-state index contributed by atoms with van der Waals surface area (Å²) in [6.07, 6.45) is 0.735. The summed E-state index contributed by atoms with van der Waals surface area (Å²) in [5.74, 6) is 1.59. The van der Waals surface area contributed by atoms with Crippen molar-refractivity contribution in [2.75, 3.05) is 27.4 Å². The van der Waals surface area contributed by atoms with Crippen molar-refractivity contribution in [1.82, 2.24) is 4.90 Å². The number of carbonyl (C=O) groups excluding carboxylic acids is 1. The van der Waals surface area contributed by atoms with Crippen molar-refractivity contribution >= 4 is 17.5 Å². The summed E-state index contributed by atoms with van der Waals surface area (Å²) < 4.78 is 16.2. The number of fused-ring (bicyclic) bond motifs is 1. The van der Waals surface area contributed by atoms with Crippen LogP contribution in [-0.4, -0.2) is 38.2 Å². The van der Waals surface area contributed by atoms with Gasteiger partial charge in [0.15, 0.2) is 18.1 Å². The van der Waals surface area contributed by atoms with Gasteiger partial charge in [-0.3, -0.25) is 4.79 Å². The minimum Gasteiger partial charge on any atom is -0.493 e. The molecule has 1 amide bonds. The lowest BCUT2D eigenvalue weighted by molar-refractivity contribution is -0.134. The fraction of sp³-hybridized carbons (Fsp3) is 0.300. The van der Waals surface area contributed by atoms with Gasteiger partial charge in [-0.05, 0) is 47.9 Å². The van der Waals surface area contributed by atoms with Crippen LogP contribution in [0, 0.1) is 11.3 Å². The van der Waals surface area contributed by atoms with E-state index in [0.717, 1.165) is 17.5 Å². The SMILES string of the molecule is COc1cc2c(cc1OC)CN(C(=O)COc1ccc(C#N)cc1Cl)CC2. The Morgan fingerprint density at radius 1 is 1.15 bits per heavy atom. The second-order valence-corrected chi connectivity index (χ2v) is 6.49. The van der Waals surface area contributed by atoms with Gasteiger partial charge in [0.25, 0.3) is 5.91 Å². The molecule has 2 aromatic carbocycles. The molecule has 0 saturated carbocycles. The molecular weight excluding hydrogens is 368 g/mol. The van der Waals surface area contributed by atoms with Crippen LogP contribution in [0.15, 0.2) is 30.3 Å². The van der Waals surface area contributed by atoms with Crippen LogP contribution in [0.25, 0.3) is 0 Å². The summed E-state index contributed by atoms with van der Waals surface area (Å²) in [7, 11) is 3.19. The number of nitrogens with zero attached hydrogens (tertiary/aromatic N) is 2. The van der Waals surface area contributed by atoms with Crippen molar-refractivity contribution in [2.24, 2.45) is 0 Å². The van der Waals surface area contributed by atoms with Crippen LogP contribution >= 0.6 is 11.6 Å². The molecule has 0 bridgehead atoms. The quantitative estimate of drug-likeness (QED) is 0.789. The van der Waals surface area contributed by atoms with Crippen molar-refractivity contribution in [2.45, 2.75) is 13.0 Å². The lowest BCUT2D eigenvalue weighted by Crippen LogP contribution is -2.38. The number of hydrogen-bond donors (Lipinski definition) is 0. The van der Waals surface area contributed by atoms with Gasteiger partial charge in [0.05, 0.1) is 30.9 Å². The predicted molar refractivity (Wildman–Crippen MR) is 100 cm³/mol. The number of carbonyl (C=O) groups is 1. The minimum absolute atomic E-state index is 0.117. The number of ether oxygens (including phenoxy) is 3. The summed E-state index contributed by atoms with van der Waals surface area (Å²) >= 11 is 6.08. The van der Waals surface area contributed by atoms with Gasteiger partial charge in [-0.15, -0.1) is 0 Å². The van der Waals surface area contributed by atoms with E-state index in [1.807, 2.05) is 18.2 Å². The highest BCUT2D eigenvalue weighted by Gasteiger charge is 2.23. The Kier molecular flexibility index (Phi) is 5.72.